The third-order valence-electron chi connectivity index (χ3n) is 2.40. The quantitative estimate of drug-likeness (QED) is 0.867. The van der Waals surface area contributed by atoms with Crippen LogP contribution in [0.25, 0.3) is 10.6 Å². The molecule has 0 saturated heterocycles. The van der Waals surface area contributed by atoms with Crippen LogP contribution in [0.3, 0.4) is 0 Å². The SMILES string of the molecule is CCc1ccc(-c2cnc(CCNC)o2)s1. The second-order valence-electron chi connectivity index (χ2n) is 3.59. The summed E-state index contributed by atoms with van der Waals surface area (Å²) in [5.74, 6) is 1.69. The highest BCUT2D eigenvalue weighted by Crippen LogP contribution is 2.28. The molecule has 2 rings (SSSR count). The lowest BCUT2D eigenvalue weighted by Crippen LogP contribution is -2.10. The van der Waals surface area contributed by atoms with Crippen molar-refractivity contribution in [1.29, 1.82) is 0 Å². The van der Waals surface area contributed by atoms with Crippen LogP contribution in [0.4, 0.5) is 0 Å². The molecule has 4 heteroatoms. The van der Waals surface area contributed by atoms with E-state index in [9.17, 15) is 0 Å². The molecule has 1 N–H and O–H groups in total. The molecule has 0 amide bonds. The molecule has 16 heavy (non-hydrogen) atoms. The number of aromatic nitrogens is 1. The molecular weight excluding hydrogens is 220 g/mol. The number of hydrogen-bond donors (Lipinski definition) is 1. The summed E-state index contributed by atoms with van der Waals surface area (Å²) >= 11 is 1.77. The smallest absolute Gasteiger partial charge is 0.196 e. The molecule has 0 spiro atoms. The van der Waals surface area contributed by atoms with Gasteiger partial charge in [0.2, 0.25) is 0 Å². The number of likely N-dealkylation sites (N-methyl/N-ethyl adjacent to an activating group) is 1. The maximum absolute atomic E-state index is 5.69. The Morgan fingerprint density at radius 1 is 1.44 bits per heavy atom. The topological polar surface area (TPSA) is 38.1 Å². The van der Waals surface area contributed by atoms with Crippen LogP contribution >= 0.6 is 11.3 Å². The van der Waals surface area contributed by atoms with Gasteiger partial charge in [-0.05, 0) is 25.6 Å². The zero-order chi connectivity index (χ0) is 11.4. The van der Waals surface area contributed by atoms with Crippen LogP contribution in [0.15, 0.2) is 22.7 Å². The van der Waals surface area contributed by atoms with Gasteiger partial charge in [0, 0.05) is 17.8 Å². The van der Waals surface area contributed by atoms with Gasteiger partial charge in [0.1, 0.15) is 0 Å². The van der Waals surface area contributed by atoms with Crippen molar-refractivity contribution in [2.24, 2.45) is 0 Å². The summed E-state index contributed by atoms with van der Waals surface area (Å²) in [6, 6.07) is 4.25. The third-order valence-corrected chi connectivity index (χ3v) is 3.64. The second-order valence-corrected chi connectivity index (χ2v) is 4.76. The molecule has 2 aromatic heterocycles. The Morgan fingerprint density at radius 2 is 2.31 bits per heavy atom. The first-order valence-corrected chi connectivity index (χ1v) is 6.33. The number of nitrogens with one attached hydrogen (secondary N) is 1. The lowest BCUT2D eigenvalue weighted by molar-refractivity contribution is 0.501. The summed E-state index contributed by atoms with van der Waals surface area (Å²) in [5.41, 5.74) is 0. The molecule has 0 saturated carbocycles. The van der Waals surface area contributed by atoms with Crippen LogP contribution in [-0.2, 0) is 12.8 Å². The van der Waals surface area contributed by atoms with E-state index < -0.39 is 0 Å². The lowest BCUT2D eigenvalue weighted by Gasteiger charge is -1.93. The van der Waals surface area contributed by atoms with Gasteiger partial charge in [-0.3, -0.25) is 0 Å². The van der Waals surface area contributed by atoms with Crippen molar-refractivity contribution in [2.45, 2.75) is 19.8 Å². The third kappa shape index (κ3) is 2.51. The molecule has 0 unspecified atom stereocenters. The zero-order valence-electron chi connectivity index (χ0n) is 9.62. The van der Waals surface area contributed by atoms with Gasteiger partial charge in [-0.25, -0.2) is 4.98 Å². The number of aryl methyl sites for hydroxylation is 1. The van der Waals surface area contributed by atoms with Crippen LogP contribution in [0.5, 0.6) is 0 Å². The molecule has 0 fully saturated rings. The van der Waals surface area contributed by atoms with E-state index in [1.54, 1.807) is 11.3 Å². The van der Waals surface area contributed by atoms with Crippen LogP contribution < -0.4 is 5.32 Å². The van der Waals surface area contributed by atoms with Gasteiger partial charge in [0.25, 0.3) is 0 Å². The first-order chi connectivity index (χ1) is 7.83. The average Bonchev–Trinajstić information content (AvgIpc) is 2.94. The summed E-state index contributed by atoms with van der Waals surface area (Å²) in [5, 5.41) is 3.08. The molecule has 2 heterocycles. The minimum atomic E-state index is 0.802. The summed E-state index contributed by atoms with van der Waals surface area (Å²) in [6.45, 7) is 3.05. The van der Waals surface area contributed by atoms with E-state index in [-0.39, 0.29) is 0 Å². The fourth-order valence-corrected chi connectivity index (χ4v) is 2.37. The van der Waals surface area contributed by atoms with E-state index in [1.165, 1.54) is 9.75 Å². The Hall–Kier alpha value is -1.13. The molecule has 0 aliphatic rings. The molecular formula is C12H16N2OS. The number of thiophene rings is 1. The van der Waals surface area contributed by atoms with Gasteiger partial charge < -0.3 is 9.73 Å². The number of nitrogens with zero attached hydrogens (tertiary/aromatic N) is 1. The minimum Gasteiger partial charge on any atom is -0.440 e. The van der Waals surface area contributed by atoms with Crippen molar-refractivity contribution in [3.05, 3.63) is 29.1 Å². The van der Waals surface area contributed by atoms with Gasteiger partial charge in [-0.1, -0.05) is 6.92 Å². The van der Waals surface area contributed by atoms with E-state index in [2.05, 4.69) is 29.4 Å². The van der Waals surface area contributed by atoms with Crippen LogP contribution in [0.2, 0.25) is 0 Å². The second kappa shape index (κ2) is 5.27. The number of rotatable bonds is 5. The van der Waals surface area contributed by atoms with Gasteiger partial charge in [-0.15, -0.1) is 11.3 Å². The highest BCUT2D eigenvalue weighted by atomic mass is 32.1. The Morgan fingerprint density at radius 3 is 3.00 bits per heavy atom. The zero-order valence-corrected chi connectivity index (χ0v) is 10.4. The largest absolute Gasteiger partial charge is 0.440 e. The maximum atomic E-state index is 5.69. The Kier molecular flexibility index (Phi) is 3.74. The van der Waals surface area contributed by atoms with Gasteiger partial charge >= 0.3 is 0 Å². The lowest BCUT2D eigenvalue weighted by atomic mass is 10.3. The molecule has 0 aliphatic heterocycles. The predicted octanol–water partition coefficient (Wildman–Crippen LogP) is 2.73. The summed E-state index contributed by atoms with van der Waals surface area (Å²) in [4.78, 5) is 6.81. The van der Waals surface area contributed by atoms with Crippen molar-refractivity contribution in [3.63, 3.8) is 0 Å². The fourth-order valence-electron chi connectivity index (χ4n) is 1.47. The van der Waals surface area contributed by atoms with E-state index in [0.717, 1.165) is 31.0 Å². The average molecular weight is 236 g/mol. The normalized spacial score (nSPS) is 10.9. The van der Waals surface area contributed by atoms with Crippen molar-refractivity contribution in [1.82, 2.24) is 10.3 Å². The van der Waals surface area contributed by atoms with E-state index in [1.807, 2.05) is 13.2 Å². The monoisotopic (exact) mass is 236 g/mol. The Balaban J connectivity index is 2.11. The highest BCUT2D eigenvalue weighted by molar-refractivity contribution is 7.15. The molecule has 0 bridgehead atoms. The van der Waals surface area contributed by atoms with Crippen LogP contribution in [-0.4, -0.2) is 18.6 Å². The first-order valence-electron chi connectivity index (χ1n) is 5.52. The molecule has 0 aromatic carbocycles. The van der Waals surface area contributed by atoms with Gasteiger partial charge in [-0.2, -0.15) is 0 Å². The Labute approximate surface area is 99.5 Å². The van der Waals surface area contributed by atoms with Gasteiger partial charge in [0.15, 0.2) is 11.7 Å². The molecule has 86 valence electrons. The maximum Gasteiger partial charge on any atom is 0.196 e. The predicted molar refractivity (Wildman–Crippen MR) is 66.8 cm³/mol. The van der Waals surface area contributed by atoms with Crippen molar-refractivity contribution >= 4 is 11.3 Å². The first kappa shape index (κ1) is 11.4. The van der Waals surface area contributed by atoms with Gasteiger partial charge in [0.05, 0.1) is 11.1 Å². The molecule has 0 atom stereocenters. The van der Waals surface area contributed by atoms with Crippen molar-refractivity contribution < 1.29 is 4.42 Å². The van der Waals surface area contributed by atoms with Crippen molar-refractivity contribution in [3.8, 4) is 10.6 Å². The molecule has 2 aromatic rings. The number of oxazole rings is 1. The molecule has 0 radical (unpaired) electrons. The van der Waals surface area contributed by atoms with Crippen LogP contribution in [0.1, 0.15) is 17.7 Å². The van der Waals surface area contributed by atoms with Crippen molar-refractivity contribution in [2.75, 3.05) is 13.6 Å². The molecule has 0 aliphatic carbocycles. The van der Waals surface area contributed by atoms with E-state index in [4.69, 9.17) is 4.42 Å². The fraction of sp³-hybridized carbons (Fsp3) is 0.417. The summed E-state index contributed by atoms with van der Waals surface area (Å²) < 4.78 is 5.69. The summed E-state index contributed by atoms with van der Waals surface area (Å²) in [7, 11) is 1.93. The summed E-state index contributed by atoms with van der Waals surface area (Å²) in [6.07, 6.45) is 3.73. The minimum absolute atomic E-state index is 0.802. The number of hydrogen-bond acceptors (Lipinski definition) is 4. The standard InChI is InChI=1S/C12H16N2OS/c1-3-9-4-5-11(16-9)10-8-14-12(15-10)6-7-13-2/h4-5,8,13H,3,6-7H2,1-2H3. The van der Waals surface area contributed by atoms with E-state index in [0.29, 0.717) is 0 Å². The highest BCUT2D eigenvalue weighted by Gasteiger charge is 2.08. The molecule has 3 nitrogen and oxygen atoms in total. The van der Waals surface area contributed by atoms with E-state index >= 15 is 0 Å². The Bertz CT molecular complexity index is 447. The van der Waals surface area contributed by atoms with Crippen LogP contribution in [0, 0.1) is 0 Å².